The Kier molecular flexibility index (Phi) is 8.00. The molecule has 2 rings (SSSR count). The molecular formula is C21H21F3N2O5. The zero-order chi connectivity index (χ0) is 23.0. The van der Waals surface area contributed by atoms with Crippen molar-refractivity contribution in [2.24, 2.45) is 0 Å². The van der Waals surface area contributed by atoms with Gasteiger partial charge in [-0.1, -0.05) is 0 Å². The number of esters is 1. The fraction of sp³-hybridized carbons (Fsp3) is 0.286. The molecule has 0 heterocycles. The van der Waals surface area contributed by atoms with Crippen molar-refractivity contribution in [1.29, 1.82) is 0 Å². The minimum absolute atomic E-state index is 0.115. The number of ether oxygens (including phenoxy) is 2. The molecule has 1 atom stereocenters. The van der Waals surface area contributed by atoms with Gasteiger partial charge in [-0.05, 0) is 62.4 Å². The highest BCUT2D eigenvalue weighted by Crippen LogP contribution is 2.29. The summed E-state index contributed by atoms with van der Waals surface area (Å²) >= 11 is 0. The average molecular weight is 438 g/mol. The molecule has 2 aromatic carbocycles. The van der Waals surface area contributed by atoms with Crippen LogP contribution < -0.4 is 15.4 Å². The first-order valence-electron chi connectivity index (χ1n) is 9.28. The van der Waals surface area contributed by atoms with Crippen LogP contribution in [-0.2, 0) is 20.5 Å². The quantitative estimate of drug-likeness (QED) is 0.617. The van der Waals surface area contributed by atoms with E-state index >= 15 is 0 Å². The van der Waals surface area contributed by atoms with Gasteiger partial charge in [0.25, 0.3) is 11.8 Å². The number of carbonyl (C=O) groups excluding carboxylic acids is 3. The second-order valence-corrected chi connectivity index (χ2v) is 6.34. The Labute approximate surface area is 176 Å². The lowest BCUT2D eigenvalue weighted by atomic mass is 10.2. The van der Waals surface area contributed by atoms with Crippen LogP contribution in [0.4, 0.5) is 18.9 Å². The molecule has 1 unspecified atom stereocenters. The average Bonchev–Trinajstić information content (AvgIpc) is 2.72. The monoisotopic (exact) mass is 438 g/mol. The summed E-state index contributed by atoms with van der Waals surface area (Å²) < 4.78 is 47.9. The third kappa shape index (κ3) is 7.32. The number of alkyl halides is 3. The van der Waals surface area contributed by atoms with E-state index in [0.29, 0.717) is 17.9 Å². The predicted octanol–water partition coefficient (Wildman–Crippen LogP) is 3.40. The molecule has 2 amide bonds. The molecule has 0 aliphatic rings. The van der Waals surface area contributed by atoms with E-state index in [4.69, 9.17) is 9.47 Å². The van der Waals surface area contributed by atoms with Crippen molar-refractivity contribution in [3.63, 3.8) is 0 Å². The lowest BCUT2D eigenvalue weighted by molar-refractivity contribution is -0.152. The van der Waals surface area contributed by atoms with Crippen LogP contribution in [0, 0.1) is 0 Å². The van der Waals surface area contributed by atoms with Crippen molar-refractivity contribution < 1.29 is 37.0 Å². The Hall–Kier alpha value is -3.56. The Morgan fingerprint density at radius 1 is 1.00 bits per heavy atom. The molecule has 2 N–H and O–H groups in total. The summed E-state index contributed by atoms with van der Waals surface area (Å²) in [6.07, 6.45) is -5.71. The van der Waals surface area contributed by atoms with Crippen molar-refractivity contribution in [2.75, 3.05) is 18.5 Å². The van der Waals surface area contributed by atoms with E-state index in [1.54, 1.807) is 12.1 Å². The number of anilines is 1. The van der Waals surface area contributed by atoms with E-state index in [9.17, 15) is 27.6 Å². The molecule has 0 saturated heterocycles. The van der Waals surface area contributed by atoms with Gasteiger partial charge < -0.3 is 20.1 Å². The summed E-state index contributed by atoms with van der Waals surface area (Å²) in [5.41, 5.74) is -0.428. The van der Waals surface area contributed by atoms with Gasteiger partial charge in [-0.3, -0.25) is 14.4 Å². The molecule has 31 heavy (non-hydrogen) atoms. The topological polar surface area (TPSA) is 93.7 Å². The van der Waals surface area contributed by atoms with Gasteiger partial charge in [0.05, 0.1) is 12.2 Å². The maximum Gasteiger partial charge on any atom is 0.416 e. The summed E-state index contributed by atoms with van der Waals surface area (Å²) in [5.74, 6) is -1.49. The molecule has 7 nitrogen and oxygen atoms in total. The maximum atomic E-state index is 12.6. The van der Waals surface area contributed by atoms with Crippen LogP contribution in [0.1, 0.15) is 29.8 Å². The summed E-state index contributed by atoms with van der Waals surface area (Å²) in [4.78, 5) is 36.0. The fourth-order valence-corrected chi connectivity index (χ4v) is 2.40. The van der Waals surface area contributed by atoms with Crippen molar-refractivity contribution >= 4 is 23.5 Å². The molecule has 0 radical (unpaired) electrons. The number of hydrogen-bond donors (Lipinski definition) is 2. The van der Waals surface area contributed by atoms with Crippen LogP contribution in [0.25, 0.3) is 0 Å². The van der Waals surface area contributed by atoms with Gasteiger partial charge in [0, 0.05) is 11.3 Å². The van der Waals surface area contributed by atoms with Gasteiger partial charge in [-0.2, -0.15) is 13.2 Å². The molecule has 0 spiro atoms. The number of carbonyl (C=O) groups is 3. The number of rotatable bonds is 8. The first-order valence-corrected chi connectivity index (χ1v) is 9.28. The second kappa shape index (κ2) is 10.5. The third-order valence-corrected chi connectivity index (χ3v) is 3.98. The molecular weight excluding hydrogens is 417 g/mol. The predicted molar refractivity (Wildman–Crippen MR) is 106 cm³/mol. The lowest BCUT2D eigenvalue weighted by Gasteiger charge is -2.14. The van der Waals surface area contributed by atoms with Crippen molar-refractivity contribution in [3.05, 3.63) is 59.7 Å². The van der Waals surface area contributed by atoms with E-state index in [1.165, 1.54) is 19.1 Å². The Balaban J connectivity index is 1.80. The van der Waals surface area contributed by atoms with Crippen molar-refractivity contribution in [1.82, 2.24) is 5.32 Å². The van der Waals surface area contributed by atoms with Crippen LogP contribution in [0.3, 0.4) is 0 Å². The van der Waals surface area contributed by atoms with E-state index < -0.39 is 42.2 Å². The van der Waals surface area contributed by atoms with Crippen LogP contribution in [0.15, 0.2) is 48.5 Å². The van der Waals surface area contributed by atoms with Gasteiger partial charge >= 0.3 is 12.1 Å². The second-order valence-electron chi connectivity index (χ2n) is 6.34. The zero-order valence-electron chi connectivity index (χ0n) is 16.8. The van der Waals surface area contributed by atoms with Gasteiger partial charge in [0.2, 0.25) is 0 Å². The largest absolute Gasteiger partial charge is 0.494 e. The molecule has 0 bridgehead atoms. The Morgan fingerprint density at radius 2 is 1.61 bits per heavy atom. The maximum absolute atomic E-state index is 12.6. The molecule has 0 aliphatic heterocycles. The van der Waals surface area contributed by atoms with Crippen LogP contribution in [0.2, 0.25) is 0 Å². The standard InChI is InChI=1S/C21H21F3N2O5/c1-3-30-17-10-4-14(5-11-17)20(29)25-12-18(27)31-13(2)19(28)26-16-8-6-15(7-9-16)21(22,23)24/h4-11,13H,3,12H2,1-2H3,(H,25,29)(H,26,28). The van der Waals surface area contributed by atoms with Gasteiger partial charge in [0.15, 0.2) is 6.10 Å². The van der Waals surface area contributed by atoms with E-state index in [-0.39, 0.29) is 5.69 Å². The molecule has 0 saturated carbocycles. The number of amides is 2. The van der Waals surface area contributed by atoms with Crippen LogP contribution >= 0.6 is 0 Å². The minimum Gasteiger partial charge on any atom is -0.494 e. The molecule has 10 heteroatoms. The first-order chi connectivity index (χ1) is 14.6. The summed E-state index contributed by atoms with van der Waals surface area (Å²) in [6, 6.07) is 10.1. The molecule has 0 aromatic heterocycles. The minimum atomic E-state index is -4.49. The smallest absolute Gasteiger partial charge is 0.416 e. The number of nitrogens with one attached hydrogen (secondary N) is 2. The summed E-state index contributed by atoms with van der Waals surface area (Å²) in [5, 5.41) is 4.72. The number of hydrogen-bond acceptors (Lipinski definition) is 5. The number of benzene rings is 2. The highest BCUT2D eigenvalue weighted by molar-refractivity contribution is 5.97. The lowest BCUT2D eigenvalue weighted by Crippen LogP contribution is -2.35. The molecule has 0 fully saturated rings. The van der Waals surface area contributed by atoms with Gasteiger partial charge in [-0.25, -0.2) is 0 Å². The highest BCUT2D eigenvalue weighted by atomic mass is 19.4. The van der Waals surface area contributed by atoms with Crippen LogP contribution in [-0.4, -0.2) is 37.0 Å². The summed E-state index contributed by atoms with van der Waals surface area (Å²) in [7, 11) is 0. The third-order valence-electron chi connectivity index (χ3n) is 3.98. The zero-order valence-corrected chi connectivity index (χ0v) is 16.8. The number of halogens is 3. The normalized spacial score (nSPS) is 11.9. The van der Waals surface area contributed by atoms with E-state index in [2.05, 4.69) is 10.6 Å². The van der Waals surface area contributed by atoms with Crippen molar-refractivity contribution in [3.8, 4) is 5.75 Å². The highest BCUT2D eigenvalue weighted by Gasteiger charge is 2.30. The first kappa shape index (κ1) is 23.7. The summed E-state index contributed by atoms with van der Waals surface area (Å²) in [6.45, 7) is 3.15. The van der Waals surface area contributed by atoms with E-state index in [0.717, 1.165) is 24.3 Å². The van der Waals surface area contributed by atoms with E-state index in [1.807, 2.05) is 6.92 Å². The Bertz CT molecular complexity index is 912. The molecule has 0 aliphatic carbocycles. The van der Waals surface area contributed by atoms with Gasteiger partial charge in [-0.15, -0.1) is 0 Å². The SMILES string of the molecule is CCOc1ccc(C(=O)NCC(=O)OC(C)C(=O)Nc2ccc(C(F)(F)F)cc2)cc1. The van der Waals surface area contributed by atoms with Crippen LogP contribution in [0.5, 0.6) is 5.75 Å². The molecule has 166 valence electrons. The Morgan fingerprint density at radius 3 is 2.16 bits per heavy atom. The van der Waals surface area contributed by atoms with Crippen molar-refractivity contribution in [2.45, 2.75) is 26.1 Å². The van der Waals surface area contributed by atoms with Gasteiger partial charge in [0.1, 0.15) is 12.3 Å². The molecule has 2 aromatic rings. The fourth-order valence-electron chi connectivity index (χ4n) is 2.40.